The highest BCUT2D eigenvalue weighted by molar-refractivity contribution is 5.99. The van der Waals surface area contributed by atoms with Crippen LogP contribution in [0.2, 0.25) is 0 Å². The van der Waals surface area contributed by atoms with Crippen LogP contribution in [0.1, 0.15) is 30.5 Å². The highest BCUT2D eigenvalue weighted by Gasteiger charge is 2.09. The third kappa shape index (κ3) is 6.20. The summed E-state index contributed by atoms with van der Waals surface area (Å²) in [6, 6.07) is 13.9. The Morgan fingerprint density at radius 2 is 1.29 bits per heavy atom. The first kappa shape index (κ1) is 23.4. The summed E-state index contributed by atoms with van der Waals surface area (Å²) < 4.78 is 14.0. The van der Waals surface area contributed by atoms with E-state index in [-0.39, 0.29) is 11.8 Å². The molecule has 9 nitrogen and oxygen atoms in total. The van der Waals surface area contributed by atoms with Crippen molar-refractivity contribution in [3.63, 3.8) is 0 Å². The van der Waals surface area contributed by atoms with Crippen LogP contribution in [0.25, 0.3) is 0 Å². The number of anilines is 4. The maximum atomic E-state index is 14.0. The Balaban J connectivity index is 1.63. The summed E-state index contributed by atoms with van der Waals surface area (Å²) in [6.07, 6.45) is 6.81. The Morgan fingerprint density at radius 3 is 1.80 bits per heavy atom. The predicted octanol–water partition coefficient (Wildman–Crippen LogP) is 5.13. The van der Waals surface area contributed by atoms with Crippen molar-refractivity contribution in [1.29, 1.82) is 0 Å². The van der Waals surface area contributed by atoms with Crippen LogP contribution < -0.4 is 16.2 Å². The highest BCUT2D eigenvalue weighted by Crippen LogP contribution is 2.23. The summed E-state index contributed by atoms with van der Waals surface area (Å²) in [5.74, 6) is 0.769. The number of hydrogen-bond donors (Lipinski definition) is 3. The zero-order valence-corrected chi connectivity index (χ0v) is 19.5. The van der Waals surface area contributed by atoms with Gasteiger partial charge in [0.05, 0.1) is 11.4 Å². The van der Waals surface area contributed by atoms with Crippen molar-refractivity contribution >= 4 is 34.7 Å². The molecular formula is C25H24FN9. The standard InChI is InChI=1S/C25H24FN9/c1-16-21(26)5-4-6-22(16)29-25-30-23(34-32-17(2)19-7-11-27-12-8-19)15-24(31-25)35-33-18(3)20-9-13-28-14-10-20/h4-15H,1-3H3,(H3,29,30,31,34,35). The van der Waals surface area contributed by atoms with E-state index in [2.05, 4.69) is 46.3 Å². The molecule has 0 aliphatic rings. The van der Waals surface area contributed by atoms with Gasteiger partial charge in [-0.25, -0.2) is 4.39 Å². The van der Waals surface area contributed by atoms with E-state index in [0.29, 0.717) is 22.9 Å². The number of aromatic nitrogens is 4. The smallest absolute Gasteiger partial charge is 0.231 e. The molecule has 0 bridgehead atoms. The second-order valence-corrected chi connectivity index (χ2v) is 7.59. The van der Waals surface area contributed by atoms with Crippen molar-refractivity contribution < 1.29 is 4.39 Å². The molecule has 176 valence electrons. The van der Waals surface area contributed by atoms with E-state index in [4.69, 9.17) is 0 Å². The average Bonchev–Trinajstić information content (AvgIpc) is 2.89. The lowest BCUT2D eigenvalue weighted by molar-refractivity contribution is 0.619. The van der Waals surface area contributed by atoms with Gasteiger partial charge in [-0.1, -0.05) is 6.07 Å². The molecule has 0 saturated heterocycles. The minimum absolute atomic E-state index is 0.250. The molecule has 0 aliphatic carbocycles. The molecule has 0 saturated carbocycles. The van der Waals surface area contributed by atoms with Crippen molar-refractivity contribution in [2.75, 3.05) is 16.2 Å². The SMILES string of the molecule is CC(=NNc1cc(NN=C(C)c2ccncc2)nc(Nc2cccc(F)c2C)n1)c1ccncc1. The van der Waals surface area contributed by atoms with Crippen LogP contribution in [-0.4, -0.2) is 31.4 Å². The molecule has 35 heavy (non-hydrogen) atoms. The number of halogens is 1. The summed E-state index contributed by atoms with van der Waals surface area (Å²) in [6.45, 7) is 5.43. The number of rotatable bonds is 8. The Kier molecular flexibility index (Phi) is 7.31. The van der Waals surface area contributed by atoms with Gasteiger partial charge in [0.15, 0.2) is 11.6 Å². The van der Waals surface area contributed by atoms with E-state index in [1.807, 2.05) is 38.1 Å². The Labute approximate surface area is 202 Å². The van der Waals surface area contributed by atoms with Crippen LogP contribution in [0.4, 0.5) is 27.7 Å². The van der Waals surface area contributed by atoms with E-state index in [0.717, 1.165) is 22.6 Å². The molecule has 0 amide bonds. The lowest BCUT2D eigenvalue weighted by Gasteiger charge is -2.12. The highest BCUT2D eigenvalue weighted by atomic mass is 19.1. The number of hydrazone groups is 2. The van der Waals surface area contributed by atoms with Gasteiger partial charge in [0.25, 0.3) is 0 Å². The molecule has 0 fully saturated rings. The van der Waals surface area contributed by atoms with E-state index < -0.39 is 0 Å². The molecule has 3 N–H and O–H groups in total. The molecule has 4 aromatic rings. The van der Waals surface area contributed by atoms with E-state index in [9.17, 15) is 4.39 Å². The van der Waals surface area contributed by atoms with E-state index >= 15 is 0 Å². The zero-order chi connectivity index (χ0) is 24.6. The zero-order valence-electron chi connectivity index (χ0n) is 19.5. The van der Waals surface area contributed by atoms with Crippen LogP contribution in [-0.2, 0) is 0 Å². The number of hydrogen-bond acceptors (Lipinski definition) is 9. The van der Waals surface area contributed by atoms with E-state index in [1.54, 1.807) is 49.9 Å². The molecule has 4 rings (SSSR count). The molecule has 0 aliphatic heterocycles. The Bertz CT molecular complexity index is 1280. The normalized spacial score (nSPS) is 11.8. The molecular weight excluding hydrogens is 445 g/mol. The number of nitrogens with one attached hydrogen (secondary N) is 3. The van der Waals surface area contributed by atoms with Crippen molar-refractivity contribution in [3.05, 3.63) is 95.8 Å². The second kappa shape index (κ2) is 10.9. The van der Waals surface area contributed by atoms with Crippen LogP contribution in [0, 0.1) is 12.7 Å². The Hall–Kier alpha value is -4.73. The first-order chi connectivity index (χ1) is 17.0. The quantitative estimate of drug-likeness (QED) is 0.242. The molecule has 3 heterocycles. The fourth-order valence-electron chi connectivity index (χ4n) is 3.08. The van der Waals surface area contributed by atoms with Gasteiger partial charge >= 0.3 is 0 Å². The number of benzene rings is 1. The molecule has 1 aromatic carbocycles. The largest absolute Gasteiger partial charge is 0.324 e. The minimum atomic E-state index is -0.322. The molecule has 0 atom stereocenters. The van der Waals surface area contributed by atoms with Crippen molar-refractivity contribution in [3.8, 4) is 0 Å². The third-order valence-corrected chi connectivity index (χ3v) is 5.11. The van der Waals surface area contributed by atoms with Gasteiger partial charge in [0, 0.05) is 53.2 Å². The van der Waals surface area contributed by atoms with Gasteiger partial charge in [-0.3, -0.25) is 20.8 Å². The fourth-order valence-corrected chi connectivity index (χ4v) is 3.08. The molecule has 10 heteroatoms. The fraction of sp³-hybridized carbons (Fsp3) is 0.120. The summed E-state index contributed by atoms with van der Waals surface area (Å²) in [4.78, 5) is 17.0. The molecule has 0 spiro atoms. The summed E-state index contributed by atoms with van der Waals surface area (Å²) >= 11 is 0. The van der Waals surface area contributed by atoms with Gasteiger partial charge in [0.1, 0.15) is 5.82 Å². The van der Waals surface area contributed by atoms with Crippen molar-refractivity contribution in [2.24, 2.45) is 10.2 Å². The monoisotopic (exact) mass is 469 g/mol. The summed E-state index contributed by atoms with van der Waals surface area (Å²) in [7, 11) is 0. The minimum Gasteiger partial charge on any atom is -0.324 e. The van der Waals surface area contributed by atoms with Gasteiger partial charge < -0.3 is 5.32 Å². The van der Waals surface area contributed by atoms with Crippen LogP contribution >= 0.6 is 0 Å². The maximum absolute atomic E-state index is 14.0. The van der Waals surface area contributed by atoms with Gasteiger partial charge in [-0.2, -0.15) is 20.2 Å². The third-order valence-electron chi connectivity index (χ3n) is 5.11. The van der Waals surface area contributed by atoms with Crippen LogP contribution in [0.5, 0.6) is 0 Å². The lowest BCUT2D eigenvalue weighted by atomic mass is 10.2. The number of nitrogens with zero attached hydrogens (tertiary/aromatic N) is 6. The maximum Gasteiger partial charge on any atom is 0.231 e. The summed E-state index contributed by atoms with van der Waals surface area (Å²) in [5.41, 5.74) is 10.3. The topological polar surface area (TPSA) is 112 Å². The van der Waals surface area contributed by atoms with Crippen molar-refractivity contribution in [2.45, 2.75) is 20.8 Å². The van der Waals surface area contributed by atoms with Gasteiger partial charge in [-0.05, 0) is 57.2 Å². The first-order valence-electron chi connectivity index (χ1n) is 10.8. The van der Waals surface area contributed by atoms with Crippen molar-refractivity contribution in [1.82, 2.24) is 19.9 Å². The van der Waals surface area contributed by atoms with Crippen LogP contribution in [0.3, 0.4) is 0 Å². The van der Waals surface area contributed by atoms with Gasteiger partial charge in [0.2, 0.25) is 5.95 Å². The van der Waals surface area contributed by atoms with E-state index in [1.165, 1.54) is 6.07 Å². The molecule has 0 unspecified atom stereocenters. The molecule has 3 aromatic heterocycles. The predicted molar refractivity (Wildman–Crippen MR) is 137 cm³/mol. The lowest BCUT2D eigenvalue weighted by Crippen LogP contribution is -2.07. The summed E-state index contributed by atoms with van der Waals surface area (Å²) in [5, 5.41) is 11.9. The molecule has 0 radical (unpaired) electrons. The Morgan fingerprint density at radius 1 is 0.771 bits per heavy atom. The average molecular weight is 470 g/mol. The van der Waals surface area contributed by atoms with Crippen LogP contribution in [0.15, 0.2) is 83.5 Å². The first-order valence-corrected chi connectivity index (χ1v) is 10.8. The second-order valence-electron chi connectivity index (χ2n) is 7.59. The number of pyridine rings is 2. The van der Waals surface area contributed by atoms with Gasteiger partial charge in [-0.15, -0.1) is 0 Å².